The average molecular weight is 279 g/mol. The van der Waals surface area contributed by atoms with Gasteiger partial charge in [-0.3, -0.25) is 0 Å². The smallest absolute Gasteiger partial charge is 0.399 e. The maximum absolute atomic E-state index is 6.08. The van der Waals surface area contributed by atoms with Crippen molar-refractivity contribution >= 4 is 30.3 Å². The quantitative estimate of drug-likeness (QED) is 0.624. The predicted octanol–water partition coefficient (Wildman–Crippen LogP) is 3.24. The summed E-state index contributed by atoms with van der Waals surface area (Å²) in [7, 11) is -0.332. The van der Waals surface area contributed by atoms with Gasteiger partial charge in [-0.05, 0) is 38.7 Å². The maximum Gasteiger partial charge on any atom is 0.495 e. The number of allylic oxidation sites excluding steroid dienone is 1. The third-order valence-corrected chi connectivity index (χ3v) is 4.07. The van der Waals surface area contributed by atoms with E-state index in [4.69, 9.17) is 20.9 Å². The van der Waals surface area contributed by atoms with Gasteiger partial charge in [0.25, 0.3) is 0 Å². The number of hydrogen-bond donors (Lipinski definition) is 0. The molecule has 0 aromatic heterocycles. The number of benzene rings is 1. The Morgan fingerprint density at radius 2 is 1.68 bits per heavy atom. The molecule has 1 heterocycles. The Morgan fingerprint density at radius 3 is 2.26 bits per heavy atom. The Kier molecular flexibility index (Phi) is 4.10. The first-order valence-corrected chi connectivity index (χ1v) is 7.08. The summed E-state index contributed by atoms with van der Waals surface area (Å²) in [5.41, 5.74) is 1.49. The SMILES string of the molecule is CC1(C)OB(c2ccccc2C=CCCl)OC1(C)C. The molecular weight excluding hydrogens is 258 g/mol. The minimum Gasteiger partial charge on any atom is -0.399 e. The summed E-state index contributed by atoms with van der Waals surface area (Å²) < 4.78 is 12.2. The van der Waals surface area contributed by atoms with Crippen LogP contribution in [0, 0.1) is 0 Å². The lowest BCUT2D eigenvalue weighted by Gasteiger charge is -2.32. The third-order valence-electron chi connectivity index (χ3n) is 3.89. The van der Waals surface area contributed by atoms with Gasteiger partial charge in [-0.25, -0.2) is 0 Å². The summed E-state index contributed by atoms with van der Waals surface area (Å²) in [4.78, 5) is 0. The van der Waals surface area contributed by atoms with E-state index >= 15 is 0 Å². The second-order valence-corrected chi connectivity index (χ2v) is 6.08. The standard InChI is InChI=1S/C15H20BClO2/c1-14(2)15(3,4)19-16(18-14)13-10-6-5-8-12(13)9-7-11-17/h5-10H,11H2,1-4H3. The molecule has 4 heteroatoms. The molecule has 0 amide bonds. The summed E-state index contributed by atoms with van der Waals surface area (Å²) in [6.07, 6.45) is 3.93. The molecule has 0 spiro atoms. The maximum atomic E-state index is 6.08. The van der Waals surface area contributed by atoms with E-state index in [0.717, 1.165) is 11.0 Å². The fourth-order valence-electron chi connectivity index (χ4n) is 2.02. The Hall–Kier alpha value is -0.765. The monoisotopic (exact) mass is 278 g/mol. The lowest BCUT2D eigenvalue weighted by molar-refractivity contribution is 0.00578. The van der Waals surface area contributed by atoms with Crippen LogP contribution in [0.1, 0.15) is 33.3 Å². The second-order valence-electron chi connectivity index (χ2n) is 5.77. The fraction of sp³-hybridized carbons (Fsp3) is 0.467. The first-order valence-electron chi connectivity index (χ1n) is 6.54. The van der Waals surface area contributed by atoms with Crippen molar-refractivity contribution in [3.63, 3.8) is 0 Å². The largest absolute Gasteiger partial charge is 0.495 e. The highest BCUT2D eigenvalue weighted by atomic mass is 35.5. The highest BCUT2D eigenvalue weighted by Crippen LogP contribution is 2.36. The third kappa shape index (κ3) is 2.89. The number of hydrogen-bond acceptors (Lipinski definition) is 2. The van der Waals surface area contributed by atoms with Crippen molar-refractivity contribution in [1.29, 1.82) is 0 Å². The zero-order valence-corrected chi connectivity index (χ0v) is 12.7. The zero-order chi connectivity index (χ0) is 14.1. The first-order chi connectivity index (χ1) is 8.87. The van der Waals surface area contributed by atoms with Crippen LogP contribution < -0.4 is 5.46 Å². The van der Waals surface area contributed by atoms with Crippen LogP contribution in [0.2, 0.25) is 0 Å². The van der Waals surface area contributed by atoms with Crippen molar-refractivity contribution in [2.24, 2.45) is 0 Å². The lowest BCUT2D eigenvalue weighted by atomic mass is 9.76. The van der Waals surface area contributed by atoms with Gasteiger partial charge >= 0.3 is 7.12 Å². The molecule has 0 unspecified atom stereocenters. The molecule has 0 aliphatic carbocycles. The molecule has 1 aromatic rings. The average Bonchev–Trinajstić information content (AvgIpc) is 2.56. The molecule has 1 aromatic carbocycles. The van der Waals surface area contributed by atoms with E-state index in [2.05, 4.69) is 27.7 Å². The van der Waals surface area contributed by atoms with Crippen molar-refractivity contribution in [3.05, 3.63) is 35.9 Å². The Bertz CT molecular complexity index is 467. The fourth-order valence-corrected chi connectivity index (χ4v) is 2.11. The Labute approximate surface area is 120 Å². The van der Waals surface area contributed by atoms with Crippen molar-refractivity contribution in [3.8, 4) is 0 Å². The van der Waals surface area contributed by atoms with Gasteiger partial charge in [0, 0.05) is 5.88 Å². The van der Waals surface area contributed by atoms with E-state index in [1.165, 1.54) is 0 Å². The molecule has 1 aliphatic rings. The highest BCUT2D eigenvalue weighted by molar-refractivity contribution is 6.63. The molecule has 0 saturated carbocycles. The molecule has 0 radical (unpaired) electrons. The van der Waals surface area contributed by atoms with E-state index in [1.54, 1.807) is 0 Å². The van der Waals surface area contributed by atoms with Gasteiger partial charge in [-0.1, -0.05) is 36.4 Å². The van der Waals surface area contributed by atoms with Crippen LogP contribution in [0.25, 0.3) is 6.08 Å². The van der Waals surface area contributed by atoms with Gasteiger partial charge < -0.3 is 9.31 Å². The van der Waals surface area contributed by atoms with Crippen LogP contribution in [-0.4, -0.2) is 24.2 Å². The first kappa shape index (κ1) is 14.6. The molecule has 1 aliphatic heterocycles. The Balaban J connectivity index is 2.32. The van der Waals surface area contributed by atoms with E-state index in [0.29, 0.717) is 5.88 Å². The second kappa shape index (κ2) is 5.32. The van der Waals surface area contributed by atoms with E-state index in [-0.39, 0.29) is 18.3 Å². The highest BCUT2D eigenvalue weighted by Gasteiger charge is 2.52. The minimum absolute atomic E-state index is 0.318. The zero-order valence-electron chi connectivity index (χ0n) is 11.9. The summed E-state index contributed by atoms with van der Waals surface area (Å²) in [6.45, 7) is 8.24. The van der Waals surface area contributed by atoms with Gasteiger partial charge in [0.1, 0.15) is 0 Å². The van der Waals surface area contributed by atoms with Gasteiger partial charge in [-0.2, -0.15) is 0 Å². The number of halogens is 1. The molecule has 1 saturated heterocycles. The molecule has 0 atom stereocenters. The van der Waals surface area contributed by atoms with Crippen molar-refractivity contribution in [2.45, 2.75) is 38.9 Å². The van der Waals surface area contributed by atoms with Crippen LogP contribution in [-0.2, 0) is 9.31 Å². The normalized spacial score (nSPS) is 21.2. The van der Waals surface area contributed by atoms with Gasteiger partial charge in [-0.15, -0.1) is 11.6 Å². The molecule has 0 bridgehead atoms. The molecule has 0 N–H and O–H groups in total. The predicted molar refractivity (Wildman–Crippen MR) is 81.9 cm³/mol. The van der Waals surface area contributed by atoms with Crippen LogP contribution in [0.3, 0.4) is 0 Å². The van der Waals surface area contributed by atoms with E-state index in [1.807, 2.05) is 36.4 Å². The minimum atomic E-state index is -0.332. The molecule has 2 nitrogen and oxygen atoms in total. The Morgan fingerprint density at radius 1 is 1.11 bits per heavy atom. The van der Waals surface area contributed by atoms with Gasteiger partial charge in [0.15, 0.2) is 0 Å². The van der Waals surface area contributed by atoms with Crippen LogP contribution in [0.15, 0.2) is 30.3 Å². The van der Waals surface area contributed by atoms with Crippen molar-refractivity contribution < 1.29 is 9.31 Å². The molecule has 102 valence electrons. The summed E-state index contributed by atoms with van der Waals surface area (Å²) >= 11 is 5.70. The topological polar surface area (TPSA) is 18.5 Å². The van der Waals surface area contributed by atoms with Crippen molar-refractivity contribution in [1.82, 2.24) is 0 Å². The summed E-state index contributed by atoms with van der Waals surface area (Å²) in [6, 6.07) is 8.08. The molecule has 2 rings (SSSR count). The van der Waals surface area contributed by atoms with Crippen LogP contribution in [0.5, 0.6) is 0 Å². The van der Waals surface area contributed by atoms with E-state index < -0.39 is 0 Å². The summed E-state index contributed by atoms with van der Waals surface area (Å²) in [5.74, 6) is 0.498. The van der Waals surface area contributed by atoms with Crippen molar-refractivity contribution in [2.75, 3.05) is 5.88 Å². The van der Waals surface area contributed by atoms with Crippen LogP contribution >= 0.6 is 11.6 Å². The molecule has 19 heavy (non-hydrogen) atoms. The lowest BCUT2D eigenvalue weighted by Crippen LogP contribution is -2.41. The molecular formula is C15H20BClO2. The van der Waals surface area contributed by atoms with Gasteiger partial charge in [0.05, 0.1) is 11.2 Å². The van der Waals surface area contributed by atoms with Gasteiger partial charge in [0.2, 0.25) is 0 Å². The summed E-state index contributed by atoms with van der Waals surface area (Å²) in [5, 5.41) is 0. The molecule has 1 fully saturated rings. The van der Waals surface area contributed by atoms with E-state index in [9.17, 15) is 0 Å². The number of alkyl halides is 1. The number of rotatable bonds is 3. The van der Waals surface area contributed by atoms with Crippen LogP contribution in [0.4, 0.5) is 0 Å².